The summed E-state index contributed by atoms with van der Waals surface area (Å²) in [5.74, 6) is -0.0957. The molecule has 1 N–H and O–H groups in total. The SMILES string of the molecule is Cc1ccsc1CN(Cc1ccccc1)C(=O)CN(C(=O)Nc1ccc(Cl)cc1)C(C)C. The highest BCUT2D eigenvalue weighted by Crippen LogP contribution is 2.20. The monoisotopic (exact) mass is 469 g/mol. The molecule has 7 heteroatoms. The maximum Gasteiger partial charge on any atom is 0.322 e. The van der Waals surface area contributed by atoms with E-state index in [0.29, 0.717) is 23.8 Å². The molecular formula is C25H28ClN3O2S. The molecule has 0 saturated heterocycles. The Morgan fingerprint density at radius 1 is 1.00 bits per heavy atom. The lowest BCUT2D eigenvalue weighted by Crippen LogP contribution is -2.47. The van der Waals surface area contributed by atoms with Gasteiger partial charge in [-0.3, -0.25) is 4.79 Å². The van der Waals surface area contributed by atoms with Crippen molar-refractivity contribution in [3.8, 4) is 0 Å². The molecule has 1 heterocycles. The summed E-state index contributed by atoms with van der Waals surface area (Å²) in [6.07, 6.45) is 0. The van der Waals surface area contributed by atoms with Crippen LogP contribution < -0.4 is 5.32 Å². The zero-order chi connectivity index (χ0) is 23.1. The van der Waals surface area contributed by atoms with Crippen LogP contribution in [-0.4, -0.2) is 34.3 Å². The number of nitrogens with one attached hydrogen (secondary N) is 1. The third-order valence-electron chi connectivity index (χ3n) is 5.16. The molecule has 0 atom stereocenters. The van der Waals surface area contributed by atoms with Gasteiger partial charge in [0, 0.05) is 28.2 Å². The van der Waals surface area contributed by atoms with Gasteiger partial charge in [-0.25, -0.2) is 4.79 Å². The minimum absolute atomic E-state index is 0.00561. The van der Waals surface area contributed by atoms with Crippen LogP contribution in [0.1, 0.15) is 29.9 Å². The van der Waals surface area contributed by atoms with Crippen LogP contribution in [0.5, 0.6) is 0 Å². The van der Waals surface area contributed by atoms with Crippen LogP contribution >= 0.6 is 22.9 Å². The summed E-state index contributed by atoms with van der Waals surface area (Å²) in [5.41, 5.74) is 2.85. The number of urea groups is 1. The standard InChI is InChI=1S/C25H28ClN3O2S/c1-18(2)29(25(31)27-22-11-9-21(26)10-12-22)17-24(30)28(15-20-7-5-4-6-8-20)16-23-19(3)13-14-32-23/h4-14,18H,15-17H2,1-3H3,(H,27,31). The van der Waals surface area contributed by atoms with Crippen molar-refractivity contribution in [1.82, 2.24) is 9.80 Å². The third kappa shape index (κ3) is 6.58. The van der Waals surface area contributed by atoms with Crippen molar-refractivity contribution in [3.63, 3.8) is 0 Å². The highest BCUT2D eigenvalue weighted by molar-refractivity contribution is 7.10. The highest BCUT2D eigenvalue weighted by Gasteiger charge is 2.24. The molecule has 3 rings (SSSR count). The molecule has 2 aromatic carbocycles. The van der Waals surface area contributed by atoms with E-state index >= 15 is 0 Å². The van der Waals surface area contributed by atoms with Crippen molar-refractivity contribution in [3.05, 3.63) is 87.1 Å². The van der Waals surface area contributed by atoms with Crippen molar-refractivity contribution in [2.24, 2.45) is 0 Å². The summed E-state index contributed by atoms with van der Waals surface area (Å²) in [5, 5.41) is 5.49. The van der Waals surface area contributed by atoms with E-state index in [4.69, 9.17) is 11.6 Å². The van der Waals surface area contributed by atoms with Crippen LogP contribution in [-0.2, 0) is 17.9 Å². The number of rotatable bonds is 8. The first-order valence-corrected chi connectivity index (χ1v) is 11.8. The second-order valence-electron chi connectivity index (χ2n) is 7.92. The Balaban J connectivity index is 1.75. The molecule has 0 spiro atoms. The zero-order valence-electron chi connectivity index (χ0n) is 18.5. The lowest BCUT2D eigenvalue weighted by molar-refractivity contribution is -0.133. The van der Waals surface area contributed by atoms with E-state index in [0.717, 1.165) is 10.4 Å². The summed E-state index contributed by atoms with van der Waals surface area (Å²) in [6.45, 7) is 6.86. The van der Waals surface area contributed by atoms with Crippen LogP contribution in [0.15, 0.2) is 66.0 Å². The molecule has 0 saturated carbocycles. The first-order chi connectivity index (χ1) is 15.3. The van der Waals surface area contributed by atoms with Crippen LogP contribution in [0.3, 0.4) is 0 Å². The average molecular weight is 470 g/mol. The van der Waals surface area contributed by atoms with E-state index in [9.17, 15) is 9.59 Å². The molecule has 32 heavy (non-hydrogen) atoms. The lowest BCUT2D eigenvalue weighted by atomic mass is 10.2. The number of hydrogen-bond donors (Lipinski definition) is 1. The topological polar surface area (TPSA) is 52.7 Å². The van der Waals surface area contributed by atoms with Crippen LogP contribution in [0, 0.1) is 6.92 Å². The smallest absolute Gasteiger partial charge is 0.322 e. The van der Waals surface area contributed by atoms with Gasteiger partial charge in [0.05, 0.1) is 6.54 Å². The fourth-order valence-corrected chi connectivity index (χ4v) is 4.29. The number of amides is 3. The predicted molar refractivity (Wildman–Crippen MR) is 132 cm³/mol. The van der Waals surface area contributed by atoms with Gasteiger partial charge in [0.1, 0.15) is 6.54 Å². The fourth-order valence-electron chi connectivity index (χ4n) is 3.24. The third-order valence-corrected chi connectivity index (χ3v) is 6.42. The summed E-state index contributed by atoms with van der Waals surface area (Å²) in [7, 11) is 0. The molecule has 0 radical (unpaired) electrons. The second kappa shape index (κ2) is 11.2. The quantitative estimate of drug-likeness (QED) is 0.428. The number of halogens is 1. The summed E-state index contributed by atoms with van der Waals surface area (Å²) in [6, 6.07) is 18.4. The van der Waals surface area contributed by atoms with Gasteiger partial charge in [-0.2, -0.15) is 0 Å². The number of nitrogens with zero attached hydrogens (tertiary/aromatic N) is 2. The average Bonchev–Trinajstić information content (AvgIpc) is 3.17. The van der Waals surface area contributed by atoms with Crippen molar-refractivity contribution in [2.45, 2.75) is 39.9 Å². The molecule has 0 unspecified atom stereocenters. The summed E-state index contributed by atoms with van der Waals surface area (Å²) < 4.78 is 0. The minimum atomic E-state index is -0.317. The van der Waals surface area contributed by atoms with Gasteiger partial charge in [0.15, 0.2) is 0 Å². The Bertz CT molecular complexity index is 1030. The lowest BCUT2D eigenvalue weighted by Gasteiger charge is -2.30. The van der Waals surface area contributed by atoms with Gasteiger partial charge in [-0.1, -0.05) is 41.9 Å². The summed E-state index contributed by atoms with van der Waals surface area (Å²) in [4.78, 5) is 30.9. The summed E-state index contributed by atoms with van der Waals surface area (Å²) >= 11 is 7.57. The van der Waals surface area contributed by atoms with Crippen molar-refractivity contribution in [1.29, 1.82) is 0 Å². The van der Waals surface area contributed by atoms with Gasteiger partial charge in [0.25, 0.3) is 0 Å². The Morgan fingerprint density at radius 2 is 1.69 bits per heavy atom. The van der Waals surface area contributed by atoms with Gasteiger partial charge in [-0.05, 0) is 67.6 Å². The Labute approximate surface area is 198 Å². The van der Waals surface area contributed by atoms with E-state index < -0.39 is 0 Å². The molecule has 0 aliphatic heterocycles. The second-order valence-corrected chi connectivity index (χ2v) is 9.36. The molecule has 1 aromatic heterocycles. The molecular weight excluding hydrogens is 442 g/mol. The number of aryl methyl sites for hydroxylation is 1. The van der Waals surface area contributed by atoms with Crippen molar-refractivity contribution in [2.75, 3.05) is 11.9 Å². The normalized spacial score (nSPS) is 10.8. The number of benzene rings is 2. The Hall–Kier alpha value is -2.83. The van der Waals surface area contributed by atoms with Gasteiger partial charge >= 0.3 is 6.03 Å². The number of carbonyl (C=O) groups excluding carboxylic acids is 2. The van der Waals surface area contributed by atoms with Crippen molar-refractivity contribution < 1.29 is 9.59 Å². The molecule has 3 amide bonds. The predicted octanol–water partition coefficient (Wildman–Crippen LogP) is 6.18. The number of anilines is 1. The molecule has 0 bridgehead atoms. The van der Waals surface area contributed by atoms with E-state index in [1.807, 2.05) is 54.5 Å². The van der Waals surface area contributed by atoms with Crippen LogP contribution in [0.2, 0.25) is 5.02 Å². The van der Waals surface area contributed by atoms with Gasteiger partial charge in [-0.15, -0.1) is 11.3 Å². The molecule has 0 aliphatic carbocycles. The first kappa shape index (κ1) is 23.8. The molecule has 3 aromatic rings. The van der Waals surface area contributed by atoms with Gasteiger partial charge < -0.3 is 15.1 Å². The number of thiophene rings is 1. The van der Waals surface area contributed by atoms with E-state index in [-0.39, 0.29) is 24.5 Å². The maximum absolute atomic E-state index is 13.4. The zero-order valence-corrected chi connectivity index (χ0v) is 20.1. The largest absolute Gasteiger partial charge is 0.332 e. The fraction of sp³-hybridized carbons (Fsp3) is 0.280. The number of carbonyl (C=O) groups is 2. The van der Waals surface area contributed by atoms with E-state index in [1.165, 1.54) is 5.56 Å². The van der Waals surface area contributed by atoms with E-state index in [1.54, 1.807) is 40.5 Å². The minimum Gasteiger partial charge on any atom is -0.332 e. The highest BCUT2D eigenvalue weighted by atomic mass is 35.5. The van der Waals surface area contributed by atoms with Crippen molar-refractivity contribution >= 4 is 40.6 Å². The van der Waals surface area contributed by atoms with Gasteiger partial charge in [0.2, 0.25) is 5.91 Å². The first-order valence-electron chi connectivity index (χ1n) is 10.5. The maximum atomic E-state index is 13.4. The van der Waals surface area contributed by atoms with Crippen LogP contribution in [0.25, 0.3) is 0 Å². The molecule has 168 valence electrons. The Morgan fingerprint density at radius 3 is 2.28 bits per heavy atom. The van der Waals surface area contributed by atoms with Crippen LogP contribution in [0.4, 0.5) is 10.5 Å². The molecule has 5 nitrogen and oxygen atoms in total. The molecule has 0 aliphatic rings. The Kier molecular flexibility index (Phi) is 8.31. The molecule has 0 fully saturated rings. The van der Waals surface area contributed by atoms with E-state index in [2.05, 4.69) is 18.3 Å². The number of hydrogen-bond acceptors (Lipinski definition) is 3.